The van der Waals surface area contributed by atoms with Crippen molar-refractivity contribution in [3.63, 3.8) is 0 Å². The molecule has 1 aliphatic rings. The SMILES string of the molecule is CNC(=O)c1[nH]c(C2CCC(CNC(C)=O)CC2)nc1-c1ccc(OC)cc1. The van der Waals surface area contributed by atoms with Gasteiger partial charge in [-0.25, -0.2) is 4.98 Å². The van der Waals surface area contributed by atoms with Crippen LogP contribution in [0.15, 0.2) is 24.3 Å². The molecule has 1 fully saturated rings. The fourth-order valence-electron chi connectivity index (χ4n) is 3.76. The van der Waals surface area contributed by atoms with E-state index in [1.807, 2.05) is 24.3 Å². The molecule has 1 saturated carbocycles. The smallest absolute Gasteiger partial charge is 0.269 e. The summed E-state index contributed by atoms with van der Waals surface area (Å²) in [5.41, 5.74) is 2.03. The highest BCUT2D eigenvalue weighted by molar-refractivity contribution is 5.98. The second kappa shape index (κ2) is 8.91. The number of aromatic nitrogens is 2. The highest BCUT2D eigenvalue weighted by Crippen LogP contribution is 2.36. The molecule has 2 aromatic rings. The van der Waals surface area contributed by atoms with E-state index in [2.05, 4.69) is 15.6 Å². The molecule has 0 spiro atoms. The molecule has 0 radical (unpaired) electrons. The third kappa shape index (κ3) is 4.52. The summed E-state index contributed by atoms with van der Waals surface area (Å²) in [6.07, 6.45) is 4.07. The molecule has 1 aromatic heterocycles. The lowest BCUT2D eigenvalue weighted by Crippen LogP contribution is -2.29. The van der Waals surface area contributed by atoms with Gasteiger partial charge < -0.3 is 20.4 Å². The average molecular weight is 384 g/mol. The van der Waals surface area contributed by atoms with Crippen LogP contribution in [0.3, 0.4) is 0 Å². The summed E-state index contributed by atoms with van der Waals surface area (Å²) < 4.78 is 5.22. The van der Waals surface area contributed by atoms with E-state index in [4.69, 9.17) is 9.72 Å². The highest BCUT2D eigenvalue weighted by Gasteiger charge is 2.27. The lowest BCUT2D eigenvalue weighted by atomic mass is 9.81. The number of carbonyl (C=O) groups is 2. The molecule has 0 atom stereocenters. The first-order chi connectivity index (χ1) is 13.5. The molecule has 7 heteroatoms. The molecule has 3 rings (SSSR count). The first-order valence-corrected chi connectivity index (χ1v) is 9.72. The number of hydrogen-bond donors (Lipinski definition) is 3. The van der Waals surface area contributed by atoms with Crippen LogP contribution in [0.1, 0.15) is 54.8 Å². The van der Waals surface area contributed by atoms with Crippen molar-refractivity contribution in [3.8, 4) is 17.0 Å². The van der Waals surface area contributed by atoms with Crippen LogP contribution in [-0.4, -0.2) is 42.5 Å². The van der Waals surface area contributed by atoms with Gasteiger partial charge >= 0.3 is 0 Å². The summed E-state index contributed by atoms with van der Waals surface area (Å²) in [5.74, 6) is 2.27. The summed E-state index contributed by atoms with van der Waals surface area (Å²) in [6, 6.07) is 7.56. The Morgan fingerprint density at radius 1 is 1.18 bits per heavy atom. The second-order valence-electron chi connectivity index (χ2n) is 7.31. The summed E-state index contributed by atoms with van der Waals surface area (Å²) in [6.45, 7) is 2.29. The minimum absolute atomic E-state index is 0.0208. The number of carbonyl (C=O) groups excluding carboxylic acids is 2. The molecular weight excluding hydrogens is 356 g/mol. The van der Waals surface area contributed by atoms with Crippen molar-refractivity contribution in [1.29, 1.82) is 0 Å². The number of amides is 2. The van der Waals surface area contributed by atoms with E-state index < -0.39 is 0 Å². The Morgan fingerprint density at radius 2 is 1.86 bits per heavy atom. The predicted octanol–water partition coefficient (Wildman–Crippen LogP) is 2.85. The largest absolute Gasteiger partial charge is 0.497 e. The monoisotopic (exact) mass is 384 g/mol. The lowest BCUT2D eigenvalue weighted by molar-refractivity contribution is -0.119. The van der Waals surface area contributed by atoms with Crippen molar-refractivity contribution >= 4 is 11.8 Å². The molecule has 3 N–H and O–H groups in total. The number of benzene rings is 1. The maximum Gasteiger partial charge on any atom is 0.269 e. The normalized spacial score (nSPS) is 19.1. The maximum absolute atomic E-state index is 12.4. The number of nitrogens with zero attached hydrogens (tertiary/aromatic N) is 1. The Hall–Kier alpha value is -2.83. The van der Waals surface area contributed by atoms with E-state index in [1.54, 1.807) is 21.1 Å². The number of H-pyrrole nitrogens is 1. The molecule has 150 valence electrons. The molecule has 2 amide bonds. The first-order valence-electron chi connectivity index (χ1n) is 9.72. The van der Waals surface area contributed by atoms with Gasteiger partial charge in [-0.2, -0.15) is 0 Å². The number of nitrogens with one attached hydrogen (secondary N) is 3. The standard InChI is InChI=1S/C21H28N4O3/c1-13(26)23-12-14-4-6-16(7-5-14)20-24-18(19(25-20)21(27)22-2)15-8-10-17(28-3)11-9-15/h8-11,14,16H,4-7,12H2,1-3H3,(H,22,27)(H,23,26)(H,24,25). The van der Waals surface area contributed by atoms with Crippen LogP contribution in [0.5, 0.6) is 5.75 Å². The Kier molecular flexibility index (Phi) is 6.34. The van der Waals surface area contributed by atoms with Crippen LogP contribution >= 0.6 is 0 Å². The summed E-state index contributed by atoms with van der Waals surface area (Å²) >= 11 is 0. The summed E-state index contributed by atoms with van der Waals surface area (Å²) in [7, 11) is 3.24. The van der Waals surface area contributed by atoms with Gasteiger partial charge in [0.2, 0.25) is 5.91 Å². The highest BCUT2D eigenvalue weighted by atomic mass is 16.5. The van der Waals surface area contributed by atoms with Crippen LogP contribution in [0.4, 0.5) is 0 Å². The third-order valence-corrected chi connectivity index (χ3v) is 5.41. The van der Waals surface area contributed by atoms with Gasteiger partial charge in [0.1, 0.15) is 23.0 Å². The summed E-state index contributed by atoms with van der Waals surface area (Å²) in [5, 5.41) is 5.60. The van der Waals surface area contributed by atoms with Crippen molar-refractivity contribution in [2.45, 2.75) is 38.5 Å². The van der Waals surface area contributed by atoms with Gasteiger partial charge in [-0.3, -0.25) is 9.59 Å². The fourth-order valence-corrected chi connectivity index (χ4v) is 3.76. The van der Waals surface area contributed by atoms with E-state index in [0.29, 0.717) is 23.2 Å². The lowest BCUT2D eigenvalue weighted by Gasteiger charge is -2.27. The van der Waals surface area contributed by atoms with Crippen LogP contribution in [0.2, 0.25) is 0 Å². The van der Waals surface area contributed by atoms with Gasteiger partial charge in [-0.15, -0.1) is 0 Å². The van der Waals surface area contributed by atoms with E-state index in [1.165, 1.54) is 0 Å². The molecule has 0 aliphatic heterocycles. The van der Waals surface area contributed by atoms with Gasteiger partial charge in [-0.1, -0.05) is 0 Å². The minimum Gasteiger partial charge on any atom is -0.497 e. The van der Waals surface area contributed by atoms with Crippen molar-refractivity contribution in [2.24, 2.45) is 5.92 Å². The number of ether oxygens (including phenoxy) is 1. The average Bonchev–Trinajstić information content (AvgIpc) is 3.17. The van der Waals surface area contributed by atoms with Crippen molar-refractivity contribution < 1.29 is 14.3 Å². The molecular formula is C21H28N4O3. The van der Waals surface area contributed by atoms with Crippen LogP contribution in [0.25, 0.3) is 11.3 Å². The van der Waals surface area contributed by atoms with E-state index in [9.17, 15) is 9.59 Å². The second-order valence-corrected chi connectivity index (χ2v) is 7.31. The molecule has 0 saturated heterocycles. The van der Waals surface area contributed by atoms with Crippen LogP contribution in [-0.2, 0) is 4.79 Å². The van der Waals surface area contributed by atoms with E-state index in [-0.39, 0.29) is 11.8 Å². The topological polar surface area (TPSA) is 96.1 Å². The van der Waals surface area contributed by atoms with Crippen molar-refractivity contribution in [2.75, 3.05) is 20.7 Å². The molecule has 1 aliphatic carbocycles. The quantitative estimate of drug-likeness (QED) is 0.713. The van der Waals surface area contributed by atoms with Gasteiger partial charge in [0, 0.05) is 32.0 Å². The van der Waals surface area contributed by atoms with Gasteiger partial charge in [0.25, 0.3) is 5.91 Å². The Bertz CT molecular complexity index is 821. The van der Waals surface area contributed by atoms with E-state index >= 15 is 0 Å². The van der Waals surface area contributed by atoms with Crippen LogP contribution in [0, 0.1) is 5.92 Å². The molecule has 1 heterocycles. The Balaban J connectivity index is 1.78. The Labute approximate surface area is 165 Å². The van der Waals surface area contributed by atoms with Crippen molar-refractivity contribution in [3.05, 3.63) is 35.8 Å². The number of aromatic amines is 1. The Morgan fingerprint density at radius 3 is 2.43 bits per heavy atom. The third-order valence-electron chi connectivity index (χ3n) is 5.41. The minimum atomic E-state index is -0.177. The molecule has 7 nitrogen and oxygen atoms in total. The molecule has 0 bridgehead atoms. The van der Waals surface area contributed by atoms with Crippen LogP contribution < -0.4 is 15.4 Å². The fraction of sp³-hybridized carbons (Fsp3) is 0.476. The molecule has 1 aromatic carbocycles. The van der Waals surface area contributed by atoms with Gasteiger partial charge in [0.05, 0.1) is 7.11 Å². The number of hydrogen-bond acceptors (Lipinski definition) is 4. The zero-order valence-corrected chi connectivity index (χ0v) is 16.7. The molecule has 28 heavy (non-hydrogen) atoms. The van der Waals surface area contributed by atoms with Gasteiger partial charge in [0.15, 0.2) is 0 Å². The zero-order chi connectivity index (χ0) is 20.1. The number of imidazole rings is 1. The zero-order valence-electron chi connectivity index (χ0n) is 16.7. The predicted molar refractivity (Wildman–Crippen MR) is 107 cm³/mol. The first kappa shape index (κ1) is 19.9. The number of rotatable bonds is 6. The molecule has 0 unspecified atom stereocenters. The number of methoxy groups -OCH3 is 1. The van der Waals surface area contributed by atoms with E-state index in [0.717, 1.165) is 49.4 Å². The van der Waals surface area contributed by atoms with Gasteiger partial charge in [-0.05, 0) is 55.9 Å². The maximum atomic E-state index is 12.4. The van der Waals surface area contributed by atoms with Crippen molar-refractivity contribution in [1.82, 2.24) is 20.6 Å². The summed E-state index contributed by atoms with van der Waals surface area (Å²) in [4.78, 5) is 31.6.